The second kappa shape index (κ2) is 9.03. The summed E-state index contributed by atoms with van der Waals surface area (Å²) in [6.45, 7) is 4.00. The van der Waals surface area contributed by atoms with Crippen LogP contribution in [0.4, 0.5) is 10.5 Å². The number of β-amino-alcohol motifs (C(OH)–C–C–N with tert-alkyl or cyclic N) is 1. The van der Waals surface area contributed by atoms with Crippen molar-refractivity contribution in [2.45, 2.75) is 31.8 Å². The third-order valence-electron chi connectivity index (χ3n) is 4.04. The minimum atomic E-state index is -0.943. The van der Waals surface area contributed by atoms with E-state index < -0.39 is 11.6 Å². The summed E-state index contributed by atoms with van der Waals surface area (Å²) in [5.41, 5.74) is -0.179. The molecular weight excluding hydrogens is 344 g/mol. The number of benzene rings is 1. The summed E-state index contributed by atoms with van der Waals surface area (Å²) >= 11 is 6.09. The molecule has 1 aliphatic heterocycles. The van der Waals surface area contributed by atoms with Crippen molar-refractivity contribution >= 4 is 29.2 Å². The number of carbonyl (C=O) groups excluding carboxylic acids is 2. The smallest absolute Gasteiger partial charge is 0.319 e. The van der Waals surface area contributed by atoms with E-state index in [2.05, 4.69) is 21.3 Å². The fourth-order valence-corrected chi connectivity index (χ4v) is 2.78. The van der Waals surface area contributed by atoms with Gasteiger partial charge in [0.1, 0.15) is 0 Å². The summed E-state index contributed by atoms with van der Waals surface area (Å²) in [5, 5.41) is 21.8. The summed E-state index contributed by atoms with van der Waals surface area (Å²) in [5.74, 6) is -0.218. The number of carbonyl (C=O) groups is 2. The molecule has 0 aliphatic carbocycles. The third kappa shape index (κ3) is 5.88. The number of amides is 3. The Morgan fingerprint density at radius 3 is 2.84 bits per heavy atom. The first-order chi connectivity index (χ1) is 11.9. The number of piperidine rings is 1. The zero-order valence-corrected chi connectivity index (χ0v) is 15.1. The van der Waals surface area contributed by atoms with Crippen molar-refractivity contribution < 1.29 is 14.7 Å². The predicted octanol–water partition coefficient (Wildman–Crippen LogP) is 1.72. The van der Waals surface area contributed by atoms with E-state index in [9.17, 15) is 14.7 Å². The van der Waals surface area contributed by atoms with Crippen molar-refractivity contribution in [2.24, 2.45) is 0 Å². The van der Waals surface area contributed by atoms with E-state index in [-0.39, 0.29) is 12.5 Å². The molecule has 25 heavy (non-hydrogen) atoms. The highest BCUT2D eigenvalue weighted by molar-refractivity contribution is 6.33. The van der Waals surface area contributed by atoms with Gasteiger partial charge in [0.25, 0.3) is 5.91 Å². The Morgan fingerprint density at radius 1 is 1.36 bits per heavy atom. The van der Waals surface area contributed by atoms with Gasteiger partial charge >= 0.3 is 6.03 Å². The molecule has 2 rings (SSSR count). The van der Waals surface area contributed by atoms with Crippen LogP contribution < -0.4 is 21.3 Å². The van der Waals surface area contributed by atoms with Crippen molar-refractivity contribution in [3.8, 4) is 0 Å². The van der Waals surface area contributed by atoms with Crippen LogP contribution in [-0.2, 0) is 0 Å². The third-order valence-corrected chi connectivity index (χ3v) is 4.37. The van der Waals surface area contributed by atoms with Gasteiger partial charge < -0.3 is 26.4 Å². The molecule has 0 bridgehead atoms. The highest BCUT2D eigenvalue weighted by Gasteiger charge is 2.29. The molecule has 5 N–H and O–H groups in total. The highest BCUT2D eigenvalue weighted by Crippen LogP contribution is 2.23. The molecular formula is C17H25ClN4O3. The van der Waals surface area contributed by atoms with E-state index in [1.165, 1.54) is 6.07 Å². The van der Waals surface area contributed by atoms with Gasteiger partial charge in [-0.15, -0.1) is 0 Å². The summed E-state index contributed by atoms with van der Waals surface area (Å²) in [7, 11) is 0. The van der Waals surface area contributed by atoms with Crippen LogP contribution in [0.25, 0.3) is 0 Å². The van der Waals surface area contributed by atoms with Gasteiger partial charge in [-0.1, -0.05) is 18.5 Å². The minimum Gasteiger partial charge on any atom is -0.387 e. The van der Waals surface area contributed by atoms with E-state index in [0.29, 0.717) is 35.8 Å². The first-order valence-corrected chi connectivity index (χ1v) is 8.87. The van der Waals surface area contributed by atoms with E-state index >= 15 is 0 Å². The molecule has 0 aromatic heterocycles. The monoisotopic (exact) mass is 368 g/mol. The lowest BCUT2D eigenvalue weighted by molar-refractivity contribution is 0.0198. The van der Waals surface area contributed by atoms with Crippen molar-refractivity contribution in [1.29, 1.82) is 0 Å². The van der Waals surface area contributed by atoms with E-state index in [4.69, 9.17) is 11.6 Å². The second-order valence-corrected chi connectivity index (χ2v) is 6.67. The summed E-state index contributed by atoms with van der Waals surface area (Å²) in [6, 6.07) is 4.22. The Hall–Kier alpha value is -1.83. The maximum Gasteiger partial charge on any atom is 0.319 e. The topological polar surface area (TPSA) is 102 Å². The molecule has 1 heterocycles. The molecule has 0 saturated carbocycles. The molecule has 8 heteroatoms. The van der Waals surface area contributed by atoms with Crippen LogP contribution >= 0.6 is 11.6 Å². The van der Waals surface area contributed by atoms with Crippen molar-refractivity contribution in [3.63, 3.8) is 0 Å². The largest absolute Gasteiger partial charge is 0.387 e. The van der Waals surface area contributed by atoms with Gasteiger partial charge in [-0.2, -0.15) is 0 Å². The Labute approximate surface area is 152 Å². The number of anilines is 1. The molecule has 1 unspecified atom stereocenters. The quantitative estimate of drug-likeness (QED) is 0.527. The fraction of sp³-hybridized carbons (Fsp3) is 0.529. The molecule has 1 aromatic carbocycles. The van der Waals surface area contributed by atoms with Gasteiger partial charge in [-0.05, 0) is 44.0 Å². The lowest BCUT2D eigenvalue weighted by Gasteiger charge is -2.32. The van der Waals surface area contributed by atoms with Crippen molar-refractivity contribution in [1.82, 2.24) is 16.0 Å². The van der Waals surface area contributed by atoms with Gasteiger partial charge in [0.05, 0.1) is 16.3 Å². The van der Waals surface area contributed by atoms with Gasteiger partial charge in [0, 0.05) is 25.2 Å². The Kier molecular flexibility index (Phi) is 7.04. The van der Waals surface area contributed by atoms with Gasteiger partial charge in [-0.3, -0.25) is 4.79 Å². The fourth-order valence-electron chi connectivity index (χ4n) is 2.62. The summed E-state index contributed by atoms with van der Waals surface area (Å²) in [4.78, 5) is 24.1. The zero-order valence-electron chi connectivity index (χ0n) is 14.3. The van der Waals surface area contributed by atoms with Crippen LogP contribution in [0.15, 0.2) is 18.2 Å². The van der Waals surface area contributed by atoms with Crippen LogP contribution in [0.3, 0.4) is 0 Å². The van der Waals surface area contributed by atoms with Gasteiger partial charge in [0.2, 0.25) is 0 Å². The molecule has 0 radical (unpaired) electrons. The number of nitrogens with one attached hydrogen (secondary N) is 4. The number of aliphatic hydroxyl groups is 1. The number of urea groups is 1. The maximum absolute atomic E-state index is 12.1. The number of halogens is 1. The van der Waals surface area contributed by atoms with Gasteiger partial charge in [-0.25, -0.2) is 4.79 Å². The average Bonchev–Trinajstić information content (AvgIpc) is 2.60. The molecule has 1 saturated heterocycles. The molecule has 7 nitrogen and oxygen atoms in total. The van der Waals surface area contributed by atoms with Crippen molar-refractivity contribution in [3.05, 3.63) is 28.8 Å². The molecule has 1 fully saturated rings. The lowest BCUT2D eigenvalue weighted by atomic mass is 9.94. The summed E-state index contributed by atoms with van der Waals surface area (Å²) < 4.78 is 0. The predicted molar refractivity (Wildman–Crippen MR) is 98.2 cm³/mol. The van der Waals surface area contributed by atoms with E-state index in [1.54, 1.807) is 12.1 Å². The lowest BCUT2D eigenvalue weighted by Crippen LogP contribution is -2.53. The van der Waals surface area contributed by atoms with E-state index in [0.717, 1.165) is 19.4 Å². The SMILES string of the molecule is CCCNC(=O)c1ccc(Cl)c(NC(=O)NCC2(O)CCCNC2)c1. The van der Waals surface area contributed by atoms with Gasteiger partial charge in [0.15, 0.2) is 0 Å². The number of rotatable bonds is 6. The van der Waals surface area contributed by atoms with Crippen molar-refractivity contribution in [2.75, 3.05) is 31.5 Å². The first-order valence-electron chi connectivity index (χ1n) is 8.49. The molecule has 1 atom stereocenters. The molecule has 1 aromatic rings. The standard InChI is InChI=1S/C17H25ClN4O3/c1-2-7-20-15(23)12-4-5-13(18)14(9-12)22-16(24)21-11-17(25)6-3-8-19-10-17/h4-5,9,19,25H,2-3,6-8,10-11H2,1H3,(H,20,23)(H2,21,22,24). The van der Waals surface area contributed by atoms with Crippen LogP contribution in [0.1, 0.15) is 36.5 Å². The minimum absolute atomic E-state index is 0.139. The molecule has 0 spiro atoms. The van der Waals surface area contributed by atoms with E-state index in [1.807, 2.05) is 6.92 Å². The first kappa shape index (κ1) is 19.5. The Bertz CT molecular complexity index is 618. The zero-order chi connectivity index (χ0) is 18.3. The Morgan fingerprint density at radius 2 is 2.16 bits per heavy atom. The van der Waals surface area contributed by atoms with Crippen LogP contribution in [0.5, 0.6) is 0 Å². The average molecular weight is 369 g/mol. The van der Waals surface area contributed by atoms with Crippen LogP contribution in [0, 0.1) is 0 Å². The van der Waals surface area contributed by atoms with Crippen LogP contribution in [-0.4, -0.2) is 48.8 Å². The normalized spacial score (nSPS) is 20.0. The second-order valence-electron chi connectivity index (χ2n) is 6.26. The highest BCUT2D eigenvalue weighted by atomic mass is 35.5. The van der Waals surface area contributed by atoms with Crippen LogP contribution in [0.2, 0.25) is 5.02 Å². The molecule has 138 valence electrons. The molecule has 1 aliphatic rings. The summed E-state index contributed by atoms with van der Waals surface area (Å²) in [6.07, 6.45) is 2.33. The maximum atomic E-state index is 12.1. The Balaban J connectivity index is 1.94. The number of hydrogen-bond donors (Lipinski definition) is 5. The molecule has 3 amide bonds. The number of hydrogen-bond acceptors (Lipinski definition) is 4.